The van der Waals surface area contributed by atoms with Crippen LogP contribution in [0.3, 0.4) is 0 Å². The normalized spacial score (nSPS) is 24.5. The van der Waals surface area contributed by atoms with Gasteiger partial charge in [-0.15, -0.1) is 19.0 Å². The number of ketones is 3. The van der Waals surface area contributed by atoms with Crippen molar-refractivity contribution in [3.8, 4) is 0 Å². The number of amides is 4. The average Bonchev–Trinajstić information content (AvgIpc) is 1.59. The number of carbonyl (C=O) groups excluding carboxylic acids is 10. The third-order valence-corrected chi connectivity index (χ3v) is 21.5. The molecule has 4 amide bonds. The molecular weight excluding hydrogens is 1630 g/mol. The van der Waals surface area contributed by atoms with Crippen LogP contribution in [-0.4, -0.2) is 253 Å². The predicted molar refractivity (Wildman–Crippen MR) is 435 cm³/mol. The number of hydrogen-bond acceptors (Lipinski definition) is 25. The van der Waals surface area contributed by atoms with E-state index >= 15 is 0 Å². The average molecular weight is 1740 g/mol. The number of carbonyl (C=O) groups is 13. The second-order valence-electron chi connectivity index (χ2n) is 32.3. The molecule has 6 aromatic rings. The molecule has 15 atom stereocenters. The first kappa shape index (κ1) is 91.8. The maximum absolute atomic E-state index is 13.0. The maximum Gasteiger partial charge on any atom is 0.411 e. The number of alkyl halides is 1. The molecule has 35 nitrogen and oxygen atoms in total. The number of likely N-dealkylation sites (tertiary alicyclic amines) is 4. The van der Waals surface area contributed by atoms with Crippen molar-refractivity contribution in [1.29, 1.82) is 0 Å². The van der Waals surface area contributed by atoms with Gasteiger partial charge in [-0.1, -0.05) is 60.0 Å². The number of carboxylic acids is 3. The summed E-state index contributed by atoms with van der Waals surface area (Å²) in [5.74, 6) is -2.72. The predicted octanol–water partition coefficient (Wildman–Crippen LogP) is 8.82. The van der Waals surface area contributed by atoms with Crippen molar-refractivity contribution in [1.82, 2.24) is 69.2 Å². The first-order chi connectivity index (χ1) is 55.9. The Balaban J connectivity index is 0.000000164. The summed E-state index contributed by atoms with van der Waals surface area (Å²) in [5.41, 5.74) is 1.03. The molecule has 10 fully saturated rings. The van der Waals surface area contributed by atoms with E-state index in [1.165, 1.54) is 69.4 Å². The third kappa shape index (κ3) is 22.8. The summed E-state index contributed by atoms with van der Waals surface area (Å²) in [7, 11) is 0. The highest BCUT2D eigenvalue weighted by atomic mass is 79.9. The summed E-state index contributed by atoms with van der Waals surface area (Å²) < 4.78 is 29.8. The van der Waals surface area contributed by atoms with E-state index in [1.54, 1.807) is 91.5 Å². The van der Waals surface area contributed by atoms with Gasteiger partial charge in [-0.25, -0.2) is 57.8 Å². The monoisotopic (exact) mass is 1730 g/mol. The number of ether oxygens (including phenoxy) is 5. The van der Waals surface area contributed by atoms with Crippen molar-refractivity contribution in [2.75, 3.05) is 25.2 Å². The molecule has 37 heteroatoms. The van der Waals surface area contributed by atoms with Crippen LogP contribution in [0.2, 0.25) is 0 Å². The molecule has 0 unspecified atom stereocenters. The van der Waals surface area contributed by atoms with Crippen LogP contribution in [-0.2, 0) is 81.7 Å². The zero-order chi connectivity index (χ0) is 86.1. The van der Waals surface area contributed by atoms with Gasteiger partial charge in [0.1, 0.15) is 97.9 Å². The van der Waals surface area contributed by atoms with Crippen LogP contribution in [0.4, 0.5) is 9.59 Å². The Morgan fingerprint density at radius 1 is 0.454 bits per heavy atom. The van der Waals surface area contributed by atoms with Crippen LogP contribution in [0.5, 0.6) is 0 Å². The summed E-state index contributed by atoms with van der Waals surface area (Å²) in [6.07, 6.45) is 18.4. The zero-order valence-corrected chi connectivity index (χ0v) is 70.2. The largest absolute Gasteiger partial charge is 0.480 e. The summed E-state index contributed by atoms with van der Waals surface area (Å²) in [6, 6.07) is 8.69. The van der Waals surface area contributed by atoms with Gasteiger partial charge in [-0.3, -0.25) is 43.4 Å². The minimum absolute atomic E-state index is 0. The third-order valence-electron chi connectivity index (χ3n) is 21.0. The van der Waals surface area contributed by atoms with Crippen molar-refractivity contribution >= 4 is 139 Å². The van der Waals surface area contributed by atoms with E-state index in [4.69, 9.17) is 33.9 Å². The van der Waals surface area contributed by atoms with E-state index in [0.29, 0.717) is 101 Å². The molecular formula is C82H102BrClN14O21. The molecule has 11 heterocycles. The number of nitrogens with zero attached hydrogens (tertiary/aromatic N) is 13. The molecule has 5 saturated carbocycles. The topological polar surface area (TPSA) is 446 Å². The highest BCUT2D eigenvalue weighted by Gasteiger charge is 2.60. The molecule has 0 bridgehead atoms. The number of carboxylic acid groups (broad SMARTS) is 3. The lowest BCUT2D eigenvalue weighted by Gasteiger charge is -2.29. The first-order valence-electron chi connectivity index (χ1n) is 39.0. The van der Waals surface area contributed by atoms with Crippen LogP contribution in [0.25, 0.3) is 33.1 Å². The number of nitrogens with one attached hydrogen (secondary N) is 1. The van der Waals surface area contributed by atoms with Gasteiger partial charge in [-0.2, -0.15) is 15.3 Å². The number of hydrogen-bond donors (Lipinski definition) is 4. The van der Waals surface area contributed by atoms with E-state index in [0.717, 1.165) is 43.4 Å². The van der Waals surface area contributed by atoms with E-state index in [2.05, 4.69) is 77.8 Å². The van der Waals surface area contributed by atoms with Crippen LogP contribution >= 0.6 is 28.3 Å². The number of halogens is 2. The summed E-state index contributed by atoms with van der Waals surface area (Å²) in [6.45, 7) is 29.1. The van der Waals surface area contributed by atoms with Gasteiger partial charge in [0.25, 0.3) is 0 Å². The van der Waals surface area contributed by atoms with Crippen molar-refractivity contribution in [2.24, 2.45) is 29.6 Å². The molecule has 4 N–H and O–H groups in total. The summed E-state index contributed by atoms with van der Waals surface area (Å²) >= 11 is 3.13. The number of fused-ring (bicyclic) bond motifs is 8. The van der Waals surface area contributed by atoms with Gasteiger partial charge >= 0.3 is 48.0 Å². The standard InChI is InChI=1S/C19H20N4O4.C16H16N4O4.C14H21NO4.C11H17NO4.C10H9N3O3.C9H13NO2.C3H5Br.ClH/c1-3-7-27-19(26)15-9-12-8-14(12)23(15)16(25)10-22-18-13(5-4-6-20-18)17(21-22)11(2)24;1-8(21)14-10-3-2-4-17-15(10)19(18-14)7-13(22)20-11-5-9(11)6-12(20)16(23)24;1-5-6-18-12(16)11-8-9-7-10(9)15(11)13(17)19-14(2,3)4;1-11(2,3)16-10(15)12-7-4-6(7)5-8(12)9(13)14;1-6(14)9-7-3-2-4-11-10(7)13(12-9)5-8(15)16;1-2-3-12-9(11)8-5-6-4-7(6)10-8;1-2-3-4;/h3-6,12,14-15H,1,7-10H2,2H3;2-4,9,11-12H,5-7H2,1H3,(H,23,24);5,9-11H,1,6-8H2,2-4H3;6-8H,4-5H2,1-3H3,(H,13,14);2-4H,5H2,1H3,(H,15,16);2,6-8,10H,1,3-5H2;2H,1,3H2;1H/t12-,14-,15+;9-,11-,12+;9-,10-,11+;6-,7-,8+;;6-,7-,8+;;/m1111.1../s1. The van der Waals surface area contributed by atoms with Crippen molar-refractivity contribution in [3.05, 3.63) is 123 Å². The van der Waals surface area contributed by atoms with Crippen molar-refractivity contribution < 1.29 is 101 Å². The molecule has 0 spiro atoms. The first-order valence-corrected chi connectivity index (χ1v) is 40.1. The zero-order valence-electron chi connectivity index (χ0n) is 67.8. The van der Waals surface area contributed by atoms with Gasteiger partial charge < -0.3 is 54.1 Å². The number of piperidine rings is 5. The molecule has 10 aliphatic rings. The number of allylic oxidation sites excluding steroid dienone is 1. The Morgan fingerprint density at radius 2 is 0.773 bits per heavy atom. The molecule has 640 valence electrons. The molecule has 0 radical (unpaired) electrons. The van der Waals surface area contributed by atoms with Crippen LogP contribution in [0, 0.1) is 29.6 Å². The number of aliphatic carboxylic acids is 3. The number of Topliss-reactive ketones (excluding diaryl/α,β-unsaturated/α-hetero) is 3. The Bertz CT molecular complexity index is 4890. The van der Waals surface area contributed by atoms with Gasteiger partial charge in [-0.05, 0) is 172 Å². The minimum Gasteiger partial charge on any atom is -0.480 e. The highest BCUT2D eigenvalue weighted by molar-refractivity contribution is 9.09. The van der Waals surface area contributed by atoms with Crippen LogP contribution < -0.4 is 5.32 Å². The van der Waals surface area contributed by atoms with E-state index in [1.807, 2.05) is 20.8 Å². The molecule has 119 heavy (non-hydrogen) atoms. The number of aromatic nitrogens is 9. The number of pyridine rings is 3. The van der Waals surface area contributed by atoms with E-state index in [9.17, 15) is 67.4 Å². The van der Waals surface area contributed by atoms with E-state index < -0.39 is 71.4 Å². The fourth-order valence-electron chi connectivity index (χ4n) is 15.5. The molecule has 5 saturated heterocycles. The van der Waals surface area contributed by atoms with Gasteiger partial charge in [0.05, 0.1) is 16.2 Å². The lowest BCUT2D eigenvalue weighted by molar-refractivity contribution is -0.153. The summed E-state index contributed by atoms with van der Waals surface area (Å²) in [4.78, 5) is 172. The molecule has 6 aromatic heterocycles. The lowest BCUT2D eigenvalue weighted by atomic mass is 10.1. The van der Waals surface area contributed by atoms with Crippen LogP contribution in [0.15, 0.2) is 106 Å². The highest BCUT2D eigenvalue weighted by Crippen LogP contribution is 2.51. The fraction of sp³-hybridized carbons (Fsp3) is 0.524. The van der Waals surface area contributed by atoms with Crippen molar-refractivity contribution in [3.63, 3.8) is 0 Å². The minimum atomic E-state index is -1.02. The quantitative estimate of drug-likeness (QED) is 0.0172. The van der Waals surface area contributed by atoms with E-state index in [-0.39, 0.29) is 128 Å². The lowest BCUT2D eigenvalue weighted by Crippen LogP contribution is -2.46. The number of rotatable bonds is 21. The van der Waals surface area contributed by atoms with Gasteiger partial charge in [0.2, 0.25) is 11.8 Å². The SMILES string of the molecule is C=CCBr.C=CCOC(=O)[C@@H]1C[C@H]2C[C@H]2N1.C=CCOC(=O)[C@@H]1C[C@H]2C[C@H]2N1C(=O)Cn1nc(C(C)=O)c2cccnc21.C=CCOC(=O)[C@@H]1C[C@H]2C[C@H]2N1C(=O)OC(C)(C)C.CC(=O)c1nn(CC(=O)N2[C@@H]3C[C@@H]3C[C@H]2C(=O)O)c2ncccc12.CC(=O)c1nn(CC(=O)O)c2ncccc12.CC(C)(C)OC(=O)N1[C@@H]2C[C@@H]2C[C@H]1C(=O)O.Cl. The fourth-order valence-corrected chi connectivity index (χ4v) is 15.5. The Labute approximate surface area is 700 Å². The second kappa shape index (κ2) is 39.2. The molecule has 0 aromatic carbocycles. The Hall–Kier alpha value is -11.1. The molecule has 16 rings (SSSR count). The smallest absolute Gasteiger partial charge is 0.411 e. The van der Waals surface area contributed by atoms with Gasteiger partial charge in [0.15, 0.2) is 34.3 Å². The van der Waals surface area contributed by atoms with Crippen molar-refractivity contribution in [2.45, 2.75) is 218 Å². The van der Waals surface area contributed by atoms with Crippen LogP contribution in [0.1, 0.15) is 158 Å². The summed E-state index contributed by atoms with van der Waals surface area (Å²) in [5, 5.41) is 45.4. The van der Waals surface area contributed by atoms with Gasteiger partial charge in [0, 0.05) is 74.9 Å². The Kier molecular flexibility index (Phi) is 30.2. The number of esters is 3. The molecule has 5 aliphatic carbocycles. The maximum atomic E-state index is 13.0. The second-order valence-corrected chi connectivity index (χ2v) is 32.9. The molecule has 5 aliphatic heterocycles. The Morgan fingerprint density at radius 3 is 1.09 bits per heavy atom.